The number of rotatable bonds is 3. The number of nitrogens with two attached hydrogens (primary N) is 1. The Morgan fingerprint density at radius 1 is 1.29 bits per heavy atom. The van der Waals surface area contributed by atoms with E-state index in [0.717, 1.165) is 18.4 Å². The normalized spacial score (nSPS) is 21.1. The van der Waals surface area contributed by atoms with Crippen LogP contribution < -0.4 is 11.3 Å². The molecular formula is C14H21FN2. The van der Waals surface area contributed by atoms with Crippen LogP contribution in [0.4, 0.5) is 4.39 Å². The summed E-state index contributed by atoms with van der Waals surface area (Å²) in [5.41, 5.74) is 3.98. The van der Waals surface area contributed by atoms with Gasteiger partial charge in [0.2, 0.25) is 0 Å². The van der Waals surface area contributed by atoms with Crippen molar-refractivity contribution in [3.63, 3.8) is 0 Å². The lowest BCUT2D eigenvalue weighted by molar-refractivity contribution is 0.145. The molecule has 0 amide bonds. The lowest BCUT2D eigenvalue weighted by atomic mass is 9.69. The summed E-state index contributed by atoms with van der Waals surface area (Å²) in [6.45, 7) is 2.25. The van der Waals surface area contributed by atoms with Crippen molar-refractivity contribution in [2.24, 2.45) is 11.3 Å². The van der Waals surface area contributed by atoms with Crippen molar-refractivity contribution in [3.8, 4) is 0 Å². The molecule has 2 nitrogen and oxygen atoms in total. The van der Waals surface area contributed by atoms with E-state index in [0.29, 0.717) is 0 Å². The third-order valence-electron chi connectivity index (χ3n) is 4.04. The Morgan fingerprint density at radius 3 is 2.59 bits per heavy atom. The molecule has 1 aromatic carbocycles. The largest absolute Gasteiger partial charge is 0.271 e. The van der Waals surface area contributed by atoms with E-state index in [4.69, 9.17) is 5.84 Å². The molecule has 2 rings (SSSR count). The third kappa shape index (κ3) is 2.67. The van der Waals surface area contributed by atoms with E-state index in [9.17, 15) is 4.39 Å². The highest BCUT2D eigenvalue weighted by molar-refractivity contribution is 5.22. The first-order valence-electron chi connectivity index (χ1n) is 6.37. The fraction of sp³-hybridized carbons (Fsp3) is 0.571. The lowest BCUT2D eigenvalue weighted by Crippen LogP contribution is -2.41. The molecule has 0 spiro atoms. The Hall–Kier alpha value is -0.930. The van der Waals surface area contributed by atoms with Gasteiger partial charge in [0.1, 0.15) is 5.82 Å². The van der Waals surface area contributed by atoms with Crippen LogP contribution in [-0.2, 0) is 0 Å². The van der Waals surface area contributed by atoms with Crippen LogP contribution in [0.2, 0.25) is 0 Å². The molecule has 3 N–H and O–H groups in total. The van der Waals surface area contributed by atoms with Crippen molar-refractivity contribution >= 4 is 0 Å². The van der Waals surface area contributed by atoms with Gasteiger partial charge in [0.15, 0.2) is 0 Å². The summed E-state index contributed by atoms with van der Waals surface area (Å²) in [6.07, 6.45) is 6.08. The van der Waals surface area contributed by atoms with Gasteiger partial charge < -0.3 is 0 Å². The van der Waals surface area contributed by atoms with E-state index < -0.39 is 0 Å². The van der Waals surface area contributed by atoms with Gasteiger partial charge in [0.05, 0.1) is 6.04 Å². The molecule has 0 aliphatic heterocycles. The summed E-state index contributed by atoms with van der Waals surface area (Å²) in [5, 5.41) is 0. The van der Waals surface area contributed by atoms with Gasteiger partial charge in [0, 0.05) is 0 Å². The average Bonchev–Trinajstić information content (AvgIpc) is 2.30. The van der Waals surface area contributed by atoms with E-state index in [1.54, 1.807) is 12.1 Å². The number of hydrazine groups is 1. The van der Waals surface area contributed by atoms with Gasteiger partial charge >= 0.3 is 0 Å². The molecule has 94 valence electrons. The summed E-state index contributed by atoms with van der Waals surface area (Å²) in [6, 6.07) is 6.80. The highest BCUT2D eigenvalue weighted by Gasteiger charge is 2.35. The zero-order valence-electron chi connectivity index (χ0n) is 10.4. The van der Waals surface area contributed by atoms with E-state index in [1.165, 1.54) is 25.3 Å². The van der Waals surface area contributed by atoms with Crippen molar-refractivity contribution in [2.75, 3.05) is 0 Å². The molecule has 1 atom stereocenters. The van der Waals surface area contributed by atoms with Crippen molar-refractivity contribution in [1.29, 1.82) is 0 Å². The maximum Gasteiger partial charge on any atom is 0.123 e. The second kappa shape index (κ2) is 5.15. The van der Waals surface area contributed by atoms with Crippen LogP contribution in [0, 0.1) is 11.2 Å². The van der Waals surface area contributed by atoms with Crippen LogP contribution in [0.1, 0.15) is 50.6 Å². The quantitative estimate of drug-likeness (QED) is 0.624. The Balaban J connectivity index is 2.26. The topological polar surface area (TPSA) is 38.0 Å². The summed E-state index contributed by atoms with van der Waals surface area (Å²) >= 11 is 0. The minimum absolute atomic E-state index is 0.0403. The number of hydrogen-bond donors (Lipinski definition) is 2. The molecule has 1 saturated carbocycles. The SMILES string of the molecule is CC1(C(NN)c2cccc(F)c2)CCCCC1. The number of hydrogen-bond acceptors (Lipinski definition) is 2. The first-order valence-corrected chi connectivity index (χ1v) is 6.37. The Bertz CT molecular complexity index is 372. The molecule has 1 unspecified atom stereocenters. The number of halogens is 1. The summed E-state index contributed by atoms with van der Waals surface area (Å²) in [5.74, 6) is 5.51. The molecule has 0 radical (unpaired) electrons. The van der Waals surface area contributed by atoms with E-state index in [1.807, 2.05) is 6.07 Å². The van der Waals surface area contributed by atoms with Crippen molar-refractivity contribution < 1.29 is 4.39 Å². The maximum absolute atomic E-state index is 13.3. The predicted octanol–water partition coefficient (Wildman–Crippen LogP) is 3.30. The van der Waals surface area contributed by atoms with E-state index in [-0.39, 0.29) is 17.3 Å². The lowest BCUT2D eigenvalue weighted by Gasteiger charge is -2.40. The zero-order valence-corrected chi connectivity index (χ0v) is 10.4. The predicted molar refractivity (Wildman–Crippen MR) is 67.7 cm³/mol. The van der Waals surface area contributed by atoms with Crippen LogP contribution in [0.15, 0.2) is 24.3 Å². The van der Waals surface area contributed by atoms with Gasteiger partial charge in [-0.15, -0.1) is 0 Å². The third-order valence-corrected chi connectivity index (χ3v) is 4.04. The molecule has 0 heterocycles. The summed E-state index contributed by atoms with van der Waals surface area (Å²) < 4.78 is 13.3. The zero-order chi connectivity index (χ0) is 12.3. The van der Waals surface area contributed by atoms with E-state index >= 15 is 0 Å². The highest BCUT2D eigenvalue weighted by Crippen LogP contribution is 2.45. The van der Waals surface area contributed by atoms with Crippen molar-refractivity contribution in [3.05, 3.63) is 35.6 Å². The van der Waals surface area contributed by atoms with Gasteiger partial charge in [-0.1, -0.05) is 38.3 Å². The molecule has 1 fully saturated rings. The van der Waals surface area contributed by atoms with Crippen molar-refractivity contribution in [1.82, 2.24) is 5.43 Å². The van der Waals surface area contributed by atoms with Crippen LogP contribution in [0.3, 0.4) is 0 Å². The minimum atomic E-state index is -0.192. The second-order valence-electron chi connectivity index (χ2n) is 5.37. The first kappa shape index (κ1) is 12.5. The summed E-state index contributed by atoms with van der Waals surface area (Å²) in [7, 11) is 0. The van der Waals surface area contributed by atoms with Crippen LogP contribution in [0.25, 0.3) is 0 Å². The fourth-order valence-corrected chi connectivity index (χ4v) is 3.03. The average molecular weight is 236 g/mol. The molecule has 1 aliphatic carbocycles. The Labute approximate surface area is 102 Å². The molecule has 0 saturated heterocycles. The van der Waals surface area contributed by atoms with Gasteiger partial charge in [-0.05, 0) is 36.0 Å². The van der Waals surface area contributed by atoms with Gasteiger partial charge in [-0.2, -0.15) is 0 Å². The van der Waals surface area contributed by atoms with Gasteiger partial charge in [-0.3, -0.25) is 11.3 Å². The first-order chi connectivity index (χ1) is 8.15. The van der Waals surface area contributed by atoms with Crippen LogP contribution in [-0.4, -0.2) is 0 Å². The standard InChI is InChI=1S/C14H21FN2/c1-14(8-3-2-4-9-14)13(17-16)11-6-5-7-12(15)10-11/h5-7,10,13,17H,2-4,8-9,16H2,1H3. The second-order valence-corrected chi connectivity index (χ2v) is 5.37. The fourth-order valence-electron chi connectivity index (χ4n) is 3.03. The van der Waals surface area contributed by atoms with Crippen LogP contribution >= 0.6 is 0 Å². The molecular weight excluding hydrogens is 215 g/mol. The Kier molecular flexibility index (Phi) is 3.79. The Morgan fingerprint density at radius 2 is 2.00 bits per heavy atom. The van der Waals surface area contributed by atoms with Gasteiger partial charge in [0.25, 0.3) is 0 Å². The number of nitrogens with one attached hydrogen (secondary N) is 1. The molecule has 3 heteroatoms. The van der Waals surface area contributed by atoms with Gasteiger partial charge in [-0.25, -0.2) is 4.39 Å². The molecule has 0 bridgehead atoms. The molecule has 0 aromatic heterocycles. The maximum atomic E-state index is 13.3. The summed E-state index contributed by atoms with van der Waals surface area (Å²) in [4.78, 5) is 0. The number of benzene rings is 1. The molecule has 1 aromatic rings. The van der Waals surface area contributed by atoms with Crippen LogP contribution in [0.5, 0.6) is 0 Å². The molecule has 1 aliphatic rings. The van der Waals surface area contributed by atoms with E-state index in [2.05, 4.69) is 12.3 Å². The monoisotopic (exact) mass is 236 g/mol. The van der Waals surface area contributed by atoms with Crippen molar-refractivity contribution in [2.45, 2.75) is 45.1 Å². The smallest absolute Gasteiger partial charge is 0.123 e. The highest BCUT2D eigenvalue weighted by atomic mass is 19.1. The molecule has 17 heavy (non-hydrogen) atoms. The minimum Gasteiger partial charge on any atom is -0.271 e.